The van der Waals surface area contributed by atoms with Gasteiger partial charge in [0.05, 0.1) is 6.61 Å². The molecule has 10 N–H and O–H groups in total. The van der Waals surface area contributed by atoms with Crippen LogP contribution in [0.1, 0.15) is 16.7 Å². The molecule has 1 aromatic rings. The van der Waals surface area contributed by atoms with E-state index in [0.29, 0.717) is 0 Å². The van der Waals surface area contributed by atoms with Gasteiger partial charge in [-0.15, -0.1) is 0 Å². The number of rotatable bonds is 6. The van der Waals surface area contributed by atoms with Gasteiger partial charge in [0, 0.05) is 0 Å². The molecule has 0 bridgehead atoms. The highest BCUT2D eigenvalue weighted by Crippen LogP contribution is 2.32. The highest BCUT2D eigenvalue weighted by atomic mass is 16.6. The van der Waals surface area contributed by atoms with Gasteiger partial charge in [0.1, 0.15) is 24.6 Å². The van der Waals surface area contributed by atoms with Gasteiger partial charge in [-0.3, -0.25) is 14.2 Å². The molecule has 0 spiro atoms. The molecule has 0 radical (unpaired) electrons. The van der Waals surface area contributed by atoms with Crippen LogP contribution in [0.25, 0.3) is 0 Å². The Bertz CT molecular complexity index is 724. The van der Waals surface area contributed by atoms with Crippen molar-refractivity contribution in [3.8, 4) is 5.88 Å². The Balaban J connectivity index is 0.000000336. The third-order valence-corrected chi connectivity index (χ3v) is 3.56. The summed E-state index contributed by atoms with van der Waals surface area (Å²) in [5.41, 5.74) is 9.49. The number of carbonyl (C=O) groups excluding carboxylic acids is 1. The maximum Gasteiger partial charge on any atom is 0.327 e. The quantitative estimate of drug-likeness (QED) is 0.127. The van der Waals surface area contributed by atoms with Crippen LogP contribution in [-0.2, 0) is 9.53 Å². The number of hydroxylamine groups is 1. The first-order valence-corrected chi connectivity index (χ1v) is 7.51. The second kappa shape index (κ2) is 9.76. The van der Waals surface area contributed by atoms with Crippen molar-refractivity contribution < 1.29 is 49.9 Å². The molecule has 1 amide bonds. The van der Waals surface area contributed by atoms with E-state index in [1.54, 1.807) is 0 Å². The van der Waals surface area contributed by atoms with Gasteiger partial charge in [0.2, 0.25) is 12.4 Å². The van der Waals surface area contributed by atoms with Crippen LogP contribution in [0.3, 0.4) is 0 Å². The normalized spacial score (nSPS) is 25.6. The van der Waals surface area contributed by atoms with Crippen LogP contribution in [0, 0.1) is 5.21 Å². The first kappa shape index (κ1) is 23.0. The monoisotopic (exact) mass is 408 g/mol. The molecular weight excluding hydrogens is 388 g/mol. The molecule has 1 aromatic heterocycles. The molecule has 0 aliphatic carbocycles. The molecule has 2 rings (SSSR count). The molecule has 1 saturated heterocycles. The molecule has 158 valence electrons. The Kier molecular flexibility index (Phi) is 8.01. The predicted molar refractivity (Wildman–Crippen MR) is 83.7 cm³/mol. The summed E-state index contributed by atoms with van der Waals surface area (Å²) in [5.74, 6) is -2.82. The summed E-state index contributed by atoms with van der Waals surface area (Å²) in [4.78, 5) is 24.2. The Morgan fingerprint density at radius 1 is 1.43 bits per heavy atom. The molecule has 2 heterocycles. The molecule has 0 unspecified atom stereocenters. The number of aromatic hydroxyl groups is 1. The van der Waals surface area contributed by atoms with Crippen molar-refractivity contribution in [1.82, 2.24) is 9.55 Å². The van der Waals surface area contributed by atoms with Gasteiger partial charge in [-0.2, -0.15) is 0 Å². The minimum absolute atomic E-state index is 0.210. The van der Waals surface area contributed by atoms with Crippen molar-refractivity contribution in [3.05, 3.63) is 17.2 Å². The van der Waals surface area contributed by atoms with Gasteiger partial charge in [-0.25, -0.2) is 4.98 Å². The lowest BCUT2D eigenvalue weighted by Crippen LogP contribution is -2.37. The summed E-state index contributed by atoms with van der Waals surface area (Å²) in [6.07, 6.45) is -3.76. The highest BCUT2D eigenvalue weighted by Gasteiger charge is 2.44. The van der Waals surface area contributed by atoms with Gasteiger partial charge in [0.25, 0.3) is 5.91 Å². The maximum atomic E-state index is 10.9. The molecule has 0 aromatic carbocycles. The number of aliphatic hydroxyl groups is 3. The van der Waals surface area contributed by atoms with Crippen molar-refractivity contribution >= 4 is 11.9 Å². The van der Waals surface area contributed by atoms with Crippen LogP contribution in [0.5, 0.6) is 5.88 Å². The fraction of sp³-hybridized carbons (Fsp3) is 0.583. The molecule has 1 aliphatic heterocycles. The van der Waals surface area contributed by atoms with Crippen LogP contribution >= 0.6 is 0 Å². The second-order valence-corrected chi connectivity index (χ2v) is 5.49. The summed E-state index contributed by atoms with van der Waals surface area (Å²) < 4.78 is 6.12. The Morgan fingerprint density at radius 3 is 2.43 bits per heavy atom. The number of carboxylic acids is 1. The molecule has 16 heteroatoms. The number of hydrogen-bond acceptors (Lipinski definition) is 11. The van der Waals surface area contributed by atoms with Crippen molar-refractivity contribution in [3.63, 3.8) is 0 Å². The summed E-state index contributed by atoms with van der Waals surface area (Å²) in [6, 6.07) is -1.33. The van der Waals surface area contributed by atoms with E-state index < -0.39 is 61.5 Å². The lowest BCUT2D eigenvalue weighted by atomic mass is 10.1. The topological polar surface area (TPSA) is 273 Å². The zero-order valence-electron chi connectivity index (χ0n) is 14.1. The lowest BCUT2D eigenvalue weighted by molar-refractivity contribution is -0.556. The Labute approximate surface area is 156 Å². The molecule has 28 heavy (non-hydrogen) atoms. The fourth-order valence-corrected chi connectivity index (χ4v) is 2.11. The third-order valence-electron chi connectivity index (χ3n) is 3.56. The molecule has 0 saturated carbocycles. The zero-order valence-corrected chi connectivity index (χ0v) is 14.1. The minimum Gasteiger partial charge on any atom is -0.597 e. The first-order valence-electron chi connectivity index (χ1n) is 7.51. The molecule has 16 nitrogen and oxygen atoms in total. The van der Waals surface area contributed by atoms with E-state index in [-0.39, 0.29) is 10.6 Å². The van der Waals surface area contributed by atoms with E-state index >= 15 is 0 Å². The highest BCUT2D eigenvalue weighted by molar-refractivity contribution is 5.93. The number of carboxylic acid groups (broad SMARTS) is 1. The van der Waals surface area contributed by atoms with E-state index in [0.717, 1.165) is 10.9 Å². The number of primary amides is 1. The Morgan fingerprint density at radius 2 is 2.04 bits per heavy atom. The first-order chi connectivity index (χ1) is 13.0. The predicted octanol–water partition coefficient (Wildman–Crippen LogP) is -3.95. The summed E-state index contributed by atoms with van der Waals surface area (Å²) in [5, 5.41) is 66.0. The van der Waals surface area contributed by atoms with E-state index in [9.17, 15) is 30.1 Å². The third kappa shape index (κ3) is 5.24. The van der Waals surface area contributed by atoms with E-state index in [2.05, 4.69) is 10.3 Å². The largest absolute Gasteiger partial charge is 0.597 e. The standard InChI is InChI=1S/C9H13N3O6.C3H7N3O4/c10-7(16)4-8(17)12(2-11-4)9-6(15)5(14)3(1-13)18-9;4-2(3(7)8)1-6(10)5-9/h2-3,5-6,9,13-15,17H,1H2,(H2,10,16);2,9H,1,4H2,(H,7,8)/b;6-5-/t3-,5-,6-,9-;2-/m10/s1. The zero-order chi connectivity index (χ0) is 21.6. The molecule has 1 fully saturated rings. The summed E-state index contributed by atoms with van der Waals surface area (Å²) in [6.45, 7) is -1.06. The van der Waals surface area contributed by atoms with E-state index in [4.69, 9.17) is 31.6 Å². The van der Waals surface area contributed by atoms with Crippen molar-refractivity contribution in [2.24, 2.45) is 16.7 Å². The SMILES string of the molecule is NC(=O)c1ncn([C@@H]2O[C@H](CO)[C@@H](O)[C@H]2O)c1O.N[C@@H](C/[N+]([O-])=N/O)C(=O)O. The maximum absolute atomic E-state index is 10.9. The number of aliphatic hydroxyl groups excluding tert-OH is 3. The Hall–Kier alpha value is -3.05. The number of ether oxygens (including phenoxy) is 1. The molecule has 1 aliphatic rings. The number of nitrogens with zero attached hydrogens (tertiary/aromatic N) is 4. The minimum atomic E-state index is -1.37. The van der Waals surface area contributed by atoms with Crippen molar-refractivity contribution in [1.29, 1.82) is 0 Å². The number of aromatic nitrogens is 2. The van der Waals surface area contributed by atoms with E-state index in [1.807, 2.05) is 0 Å². The average molecular weight is 408 g/mol. The van der Waals surface area contributed by atoms with Crippen LogP contribution in [0.4, 0.5) is 0 Å². The van der Waals surface area contributed by atoms with Gasteiger partial charge in [-0.1, -0.05) is 4.86 Å². The number of amides is 1. The van der Waals surface area contributed by atoms with Crippen LogP contribution in [0.2, 0.25) is 0 Å². The van der Waals surface area contributed by atoms with Crippen molar-refractivity contribution in [2.75, 3.05) is 13.2 Å². The molecule has 5 atom stereocenters. The van der Waals surface area contributed by atoms with Crippen molar-refractivity contribution in [2.45, 2.75) is 30.6 Å². The molecular formula is C12H20N6O10. The van der Waals surface area contributed by atoms with Crippen LogP contribution in [0.15, 0.2) is 11.6 Å². The van der Waals surface area contributed by atoms with Crippen LogP contribution in [-0.4, -0.2) is 94.5 Å². The van der Waals surface area contributed by atoms with Gasteiger partial charge in [0.15, 0.2) is 23.2 Å². The van der Waals surface area contributed by atoms with Gasteiger partial charge in [-0.05, 0) is 0 Å². The second-order valence-electron chi connectivity index (χ2n) is 5.49. The lowest BCUT2D eigenvalue weighted by Gasteiger charge is -2.16. The van der Waals surface area contributed by atoms with Gasteiger partial charge >= 0.3 is 5.97 Å². The average Bonchev–Trinajstić information content (AvgIpc) is 3.15. The summed E-state index contributed by atoms with van der Waals surface area (Å²) >= 11 is 0. The number of nitrogens with two attached hydrogens (primary N) is 2. The number of imidazole rings is 1. The van der Waals surface area contributed by atoms with E-state index in [1.165, 1.54) is 0 Å². The smallest absolute Gasteiger partial charge is 0.327 e. The number of hydrogen-bond donors (Lipinski definition) is 8. The number of aliphatic carboxylic acids is 1. The summed E-state index contributed by atoms with van der Waals surface area (Å²) in [7, 11) is 0. The van der Waals surface area contributed by atoms with Crippen LogP contribution < -0.4 is 11.5 Å². The fourth-order valence-electron chi connectivity index (χ4n) is 2.11. The number of carbonyl (C=O) groups is 2. The van der Waals surface area contributed by atoms with Gasteiger partial charge < -0.3 is 52.2 Å².